The molecule has 0 bridgehead atoms. The normalized spacial score (nSPS) is 10.4. The Morgan fingerprint density at radius 3 is 2.73 bits per heavy atom. The van der Waals surface area contributed by atoms with Crippen molar-refractivity contribution in [2.24, 2.45) is 0 Å². The van der Waals surface area contributed by atoms with E-state index < -0.39 is 0 Å². The van der Waals surface area contributed by atoms with Crippen LogP contribution in [-0.4, -0.2) is 27.8 Å². The Kier molecular flexibility index (Phi) is 3.57. The minimum Gasteiger partial charge on any atom is -0.297 e. The maximum atomic E-state index is 12.5. The van der Waals surface area contributed by atoms with E-state index in [1.807, 2.05) is 36.4 Å². The summed E-state index contributed by atoms with van der Waals surface area (Å²) in [5, 5.41) is 9.43. The zero-order valence-corrected chi connectivity index (χ0v) is 12.0. The quantitative estimate of drug-likeness (QED) is 0.582. The zero-order chi connectivity index (χ0) is 15.5. The van der Waals surface area contributed by atoms with Gasteiger partial charge in [0.25, 0.3) is 0 Å². The van der Waals surface area contributed by atoms with Crippen LogP contribution in [0.1, 0.15) is 0 Å². The van der Waals surface area contributed by atoms with Crippen LogP contribution < -0.4 is 9.63 Å². The van der Waals surface area contributed by atoms with Crippen LogP contribution in [-0.2, 0) is 0 Å². The van der Waals surface area contributed by atoms with Gasteiger partial charge < -0.3 is 0 Å². The van der Waals surface area contributed by atoms with Crippen molar-refractivity contribution in [1.29, 1.82) is 0 Å². The van der Waals surface area contributed by atoms with Crippen molar-refractivity contribution in [2.45, 2.75) is 0 Å². The highest BCUT2D eigenvalue weighted by atomic mass is 16.5. The first-order valence-corrected chi connectivity index (χ1v) is 6.73. The van der Waals surface area contributed by atoms with Gasteiger partial charge in [-0.3, -0.25) is 14.7 Å². The van der Waals surface area contributed by atoms with Gasteiger partial charge in [0.05, 0.1) is 11.3 Å². The molecule has 0 atom stereocenters. The second kappa shape index (κ2) is 5.69. The predicted molar refractivity (Wildman–Crippen MR) is 80.7 cm³/mol. The fourth-order valence-electron chi connectivity index (χ4n) is 2.13. The molecule has 0 aliphatic heterocycles. The summed E-state index contributed by atoms with van der Waals surface area (Å²) in [7, 11) is 1.71. The Balaban J connectivity index is 1.86. The average Bonchev–Trinajstić information content (AvgIpc) is 3.04. The van der Waals surface area contributed by atoms with Gasteiger partial charge in [0.2, 0.25) is 12.4 Å². The Hall–Kier alpha value is -3.15. The van der Waals surface area contributed by atoms with Crippen LogP contribution in [0.15, 0.2) is 67.4 Å². The number of rotatable bonds is 2. The predicted octanol–water partition coefficient (Wildman–Crippen LogP) is 2.18. The molecule has 22 heavy (non-hydrogen) atoms. The number of amides is 1. The lowest BCUT2D eigenvalue weighted by Gasteiger charge is -2.16. The molecule has 6 nitrogen and oxygen atoms in total. The van der Waals surface area contributed by atoms with Gasteiger partial charge >= 0.3 is 6.03 Å². The molecule has 110 valence electrons. The van der Waals surface area contributed by atoms with Gasteiger partial charge in [-0.25, -0.2) is 9.78 Å². The summed E-state index contributed by atoms with van der Waals surface area (Å²) in [5.41, 5.74) is 2.13. The highest BCUT2D eigenvalue weighted by molar-refractivity contribution is 5.93. The number of imidazole rings is 1. The van der Waals surface area contributed by atoms with Gasteiger partial charge in [0.15, 0.2) is 0 Å². The topological polar surface area (TPSA) is 62.2 Å². The number of carbonyl (C=O) groups excluding carboxylic acids is 1. The largest absolute Gasteiger partial charge is 0.333 e. The number of hydrogen-bond acceptors (Lipinski definition) is 3. The fourth-order valence-corrected chi connectivity index (χ4v) is 2.13. The second-order valence-electron chi connectivity index (χ2n) is 4.82. The zero-order valence-electron chi connectivity index (χ0n) is 12.0. The Bertz CT molecular complexity index is 799. The lowest BCUT2D eigenvalue weighted by Crippen LogP contribution is -2.30. The summed E-state index contributed by atoms with van der Waals surface area (Å²) in [5.74, 6) is 0. The number of carbonyl (C=O) groups is 1. The van der Waals surface area contributed by atoms with E-state index in [9.17, 15) is 10.0 Å². The van der Waals surface area contributed by atoms with Crippen molar-refractivity contribution >= 4 is 11.7 Å². The molecule has 1 amide bonds. The smallest absolute Gasteiger partial charge is 0.297 e. The molecule has 0 aliphatic rings. The molecule has 1 N–H and O–H groups in total. The minimum atomic E-state index is -0.210. The van der Waals surface area contributed by atoms with E-state index in [1.165, 1.54) is 23.3 Å². The molecule has 0 spiro atoms. The molecule has 2 aromatic heterocycles. The Morgan fingerprint density at radius 1 is 1.23 bits per heavy atom. The summed E-state index contributed by atoms with van der Waals surface area (Å²) < 4.78 is 2.36. The van der Waals surface area contributed by atoms with E-state index in [0.717, 1.165) is 16.0 Å². The Morgan fingerprint density at radius 2 is 2.00 bits per heavy atom. The molecule has 0 radical (unpaired) electrons. The molecular weight excluding hydrogens is 280 g/mol. The maximum Gasteiger partial charge on any atom is 0.333 e. The highest BCUT2D eigenvalue weighted by Crippen LogP contribution is 2.16. The molecule has 3 rings (SSSR count). The van der Waals surface area contributed by atoms with Crippen LogP contribution in [0.2, 0.25) is 0 Å². The monoisotopic (exact) mass is 295 g/mol. The van der Waals surface area contributed by atoms with Crippen LogP contribution in [0.25, 0.3) is 11.3 Å². The molecule has 0 fully saturated rings. The van der Waals surface area contributed by atoms with E-state index in [1.54, 1.807) is 24.2 Å². The summed E-state index contributed by atoms with van der Waals surface area (Å²) in [4.78, 5) is 18.2. The van der Waals surface area contributed by atoms with Crippen LogP contribution in [0, 0.1) is 0 Å². The Labute approximate surface area is 127 Å². The van der Waals surface area contributed by atoms with E-state index in [-0.39, 0.29) is 6.03 Å². The first-order chi connectivity index (χ1) is 10.6. The second-order valence-corrected chi connectivity index (χ2v) is 4.82. The first-order valence-electron chi connectivity index (χ1n) is 6.73. The van der Waals surface area contributed by atoms with Gasteiger partial charge in [-0.05, 0) is 18.2 Å². The van der Waals surface area contributed by atoms with E-state index in [4.69, 9.17) is 0 Å². The molecule has 0 aliphatic carbocycles. The van der Waals surface area contributed by atoms with Crippen molar-refractivity contribution in [1.82, 2.24) is 9.55 Å². The standard InChI is InChI=1S/C16H15N4O2/c1-18(14-7-3-2-4-8-14)16(21)19-11-15(17-12-19)13-6-5-9-20(22)10-13/h2-12,22H,1H3/q+1. The lowest BCUT2D eigenvalue weighted by atomic mass is 10.2. The summed E-state index contributed by atoms with van der Waals surface area (Å²) in [6.07, 6.45) is 6.13. The molecule has 3 aromatic rings. The molecule has 0 saturated heterocycles. The summed E-state index contributed by atoms with van der Waals surface area (Å²) in [6.45, 7) is 0. The maximum absolute atomic E-state index is 12.5. The van der Waals surface area contributed by atoms with Crippen molar-refractivity contribution in [3.8, 4) is 11.3 Å². The van der Waals surface area contributed by atoms with Crippen LogP contribution in [0.3, 0.4) is 0 Å². The van der Waals surface area contributed by atoms with Crippen molar-refractivity contribution < 1.29 is 14.7 Å². The minimum absolute atomic E-state index is 0.210. The molecule has 6 heteroatoms. The van der Waals surface area contributed by atoms with Crippen molar-refractivity contribution in [3.63, 3.8) is 0 Å². The average molecular weight is 295 g/mol. The molecular formula is C16H15N4O2+. The molecule has 2 heterocycles. The van der Waals surface area contributed by atoms with Gasteiger partial charge in [0, 0.05) is 29.7 Å². The SMILES string of the molecule is CN(C(=O)n1cnc(-c2ccc[n+](O)c2)c1)c1ccccc1. The van der Waals surface area contributed by atoms with Gasteiger partial charge in [-0.2, -0.15) is 0 Å². The molecule has 0 saturated carbocycles. The number of anilines is 1. The van der Waals surface area contributed by atoms with E-state index in [0.29, 0.717) is 5.69 Å². The fraction of sp³-hybridized carbons (Fsp3) is 0.0625. The third-order valence-corrected chi connectivity index (χ3v) is 3.32. The number of aromatic nitrogens is 3. The third kappa shape index (κ3) is 2.67. The number of pyridine rings is 1. The molecule has 0 unspecified atom stereocenters. The number of nitrogens with zero attached hydrogens (tertiary/aromatic N) is 4. The number of hydrogen-bond donors (Lipinski definition) is 1. The third-order valence-electron chi connectivity index (χ3n) is 3.32. The van der Waals surface area contributed by atoms with Crippen molar-refractivity contribution in [3.05, 3.63) is 67.4 Å². The van der Waals surface area contributed by atoms with Gasteiger partial charge in [-0.1, -0.05) is 18.2 Å². The summed E-state index contributed by atoms with van der Waals surface area (Å²) >= 11 is 0. The van der Waals surface area contributed by atoms with E-state index >= 15 is 0 Å². The number of para-hydroxylation sites is 1. The van der Waals surface area contributed by atoms with Crippen LogP contribution in [0.5, 0.6) is 0 Å². The van der Waals surface area contributed by atoms with Gasteiger partial charge in [-0.15, -0.1) is 0 Å². The van der Waals surface area contributed by atoms with Crippen LogP contribution >= 0.6 is 0 Å². The summed E-state index contributed by atoms with van der Waals surface area (Å²) in [6, 6.07) is 12.7. The molecule has 1 aromatic carbocycles. The first kappa shape index (κ1) is 13.8. The van der Waals surface area contributed by atoms with Crippen molar-refractivity contribution in [2.75, 3.05) is 11.9 Å². The van der Waals surface area contributed by atoms with E-state index in [2.05, 4.69) is 4.98 Å². The van der Waals surface area contributed by atoms with Crippen LogP contribution in [0.4, 0.5) is 10.5 Å². The van der Waals surface area contributed by atoms with Gasteiger partial charge in [0.1, 0.15) is 6.33 Å². The lowest BCUT2D eigenvalue weighted by molar-refractivity contribution is -0.904. The highest BCUT2D eigenvalue weighted by Gasteiger charge is 2.15. The number of benzene rings is 1.